The summed E-state index contributed by atoms with van der Waals surface area (Å²) in [6, 6.07) is 13.2. The molecule has 4 rings (SSSR count). The third kappa shape index (κ3) is 4.43. The van der Waals surface area contributed by atoms with Crippen LogP contribution in [0.4, 0.5) is 5.69 Å². The van der Waals surface area contributed by atoms with E-state index < -0.39 is 10.0 Å². The van der Waals surface area contributed by atoms with E-state index >= 15 is 0 Å². The molecule has 0 aromatic heterocycles. The van der Waals surface area contributed by atoms with Crippen LogP contribution in [-0.2, 0) is 32.4 Å². The van der Waals surface area contributed by atoms with Gasteiger partial charge in [0.25, 0.3) is 0 Å². The van der Waals surface area contributed by atoms with Crippen molar-refractivity contribution >= 4 is 21.6 Å². The van der Waals surface area contributed by atoms with Crippen LogP contribution in [0.1, 0.15) is 29.5 Å². The van der Waals surface area contributed by atoms with Crippen molar-refractivity contribution in [1.29, 1.82) is 0 Å². The predicted molar refractivity (Wildman–Crippen MR) is 116 cm³/mol. The van der Waals surface area contributed by atoms with Crippen molar-refractivity contribution in [2.45, 2.75) is 37.5 Å². The van der Waals surface area contributed by atoms with Gasteiger partial charge in [0.05, 0.1) is 18.1 Å². The molecule has 2 aliphatic heterocycles. The van der Waals surface area contributed by atoms with Crippen LogP contribution in [0.3, 0.4) is 0 Å². The fourth-order valence-electron chi connectivity index (χ4n) is 4.14. The molecule has 2 aromatic carbocycles. The van der Waals surface area contributed by atoms with Crippen molar-refractivity contribution in [3.05, 3.63) is 59.2 Å². The summed E-state index contributed by atoms with van der Waals surface area (Å²) >= 11 is 0. The second-order valence-electron chi connectivity index (χ2n) is 7.94. The summed E-state index contributed by atoms with van der Waals surface area (Å²) in [7, 11) is -3.49. The first kappa shape index (κ1) is 21.0. The molecule has 0 atom stereocenters. The molecule has 0 saturated carbocycles. The maximum Gasteiger partial charge on any atom is 0.243 e. The number of benzene rings is 2. The van der Waals surface area contributed by atoms with Gasteiger partial charge < -0.3 is 9.64 Å². The minimum atomic E-state index is -3.49. The van der Waals surface area contributed by atoms with E-state index in [2.05, 4.69) is 19.1 Å². The molecule has 1 saturated heterocycles. The van der Waals surface area contributed by atoms with E-state index in [9.17, 15) is 13.2 Å². The first-order valence-corrected chi connectivity index (χ1v) is 12.0. The molecule has 0 N–H and O–H groups in total. The smallest absolute Gasteiger partial charge is 0.243 e. The molecule has 2 aromatic rings. The molecule has 0 unspecified atom stereocenters. The third-order valence-corrected chi connectivity index (χ3v) is 7.73. The first-order valence-electron chi connectivity index (χ1n) is 10.5. The number of morpholine rings is 1. The molecule has 1 amide bonds. The number of carbonyl (C=O) groups is 1. The number of fused-ring (bicyclic) bond motifs is 1. The Bertz CT molecular complexity index is 1010. The Labute approximate surface area is 178 Å². The van der Waals surface area contributed by atoms with Crippen LogP contribution in [0.2, 0.25) is 0 Å². The summed E-state index contributed by atoms with van der Waals surface area (Å²) in [5.74, 6) is 0.116. The van der Waals surface area contributed by atoms with Gasteiger partial charge in [0.15, 0.2) is 0 Å². The lowest BCUT2D eigenvalue weighted by atomic mass is 9.99. The average molecular weight is 429 g/mol. The Morgan fingerprint density at radius 2 is 1.77 bits per heavy atom. The molecule has 2 aliphatic rings. The zero-order valence-corrected chi connectivity index (χ0v) is 18.2. The summed E-state index contributed by atoms with van der Waals surface area (Å²) < 4.78 is 32.1. The Kier molecular flexibility index (Phi) is 6.22. The number of hydrogen-bond donors (Lipinski definition) is 0. The molecule has 7 heteroatoms. The quantitative estimate of drug-likeness (QED) is 0.734. The molecular weight excluding hydrogens is 400 g/mol. The Hall–Kier alpha value is -2.22. The monoisotopic (exact) mass is 428 g/mol. The number of carbonyl (C=O) groups excluding carboxylic acids is 1. The van der Waals surface area contributed by atoms with Gasteiger partial charge in [-0.05, 0) is 55.5 Å². The van der Waals surface area contributed by atoms with Gasteiger partial charge >= 0.3 is 0 Å². The normalized spacial score (nSPS) is 17.6. The molecule has 0 bridgehead atoms. The minimum absolute atomic E-state index is 0.116. The molecule has 160 valence electrons. The highest BCUT2D eigenvalue weighted by atomic mass is 32.2. The highest BCUT2D eigenvalue weighted by Gasteiger charge is 2.26. The van der Waals surface area contributed by atoms with Gasteiger partial charge in [0.2, 0.25) is 15.9 Å². The van der Waals surface area contributed by atoms with Gasteiger partial charge in [-0.3, -0.25) is 4.79 Å². The lowest BCUT2D eigenvalue weighted by Crippen LogP contribution is -2.40. The van der Waals surface area contributed by atoms with Gasteiger partial charge in [-0.1, -0.05) is 29.8 Å². The number of sulfonamides is 1. The van der Waals surface area contributed by atoms with Crippen molar-refractivity contribution in [1.82, 2.24) is 4.31 Å². The van der Waals surface area contributed by atoms with Crippen LogP contribution in [0.5, 0.6) is 0 Å². The van der Waals surface area contributed by atoms with Gasteiger partial charge in [0, 0.05) is 31.7 Å². The number of rotatable bonds is 5. The van der Waals surface area contributed by atoms with Crippen LogP contribution < -0.4 is 4.90 Å². The van der Waals surface area contributed by atoms with E-state index in [1.54, 1.807) is 12.1 Å². The lowest BCUT2D eigenvalue weighted by molar-refractivity contribution is -0.118. The zero-order valence-electron chi connectivity index (χ0n) is 17.3. The summed E-state index contributed by atoms with van der Waals surface area (Å²) in [6.45, 7) is 4.46. The fraction of sp³-hybridized carbons (Fsp3) is 0.435. The summed E-state index contributed by atoms with van der Waals surface area (Å²) in [4.78, 5) is 15.1. The van der Waals surface area contributed by atoms with Crippen LogP contribution >= 0.6 is 0 Å². The zero-order chi connectivity index (χ0) is 21.1. The highest BCUT2D eigenvalue weighted by Crippen LogP contribution is 2.28. The second-order valence-corrected chi connectivity index (χ2v) is 9.88. The number of aryl methyl sites for hydroxylation is 3. The third-order valence-electron chi connectivity index (χ3n) is 5.81. The van der Waals surface area contributed by atoms with Crippen LogP contribution in [0.15, 0.2) is 47.4 Å². The van der Waals surface area contributed by atoms with E-state index in [1.807, 2.05) is 23.1 Å². The van der Waals surface area contributed by atoms with Crippen molar-refractivity contribution in [2.24, 2.45) is 0 Å². The Morgan fingerprint density at radius 3 is 2.50 bits per heavy atom. The SMILES string of the molecule is Cc1ccc2c(c1)CCCN2C(=O)CCc1ccc(S(=O)(=O)N2CCOCC2)cc1. The average Bonchev–Trinajstić information content (AvgIpc) is 2.77. The number of hydrogen-bond acceptors (Lipinski definition) is 4. The van der Waals surface area contributed by atoms with Gasteiger partial charge in [-0.2, -0.15) is 4.31 Å². The van der Waals surface area contributed by atoms with E-state index in [-0.39, 0.29) is 5.91 Å². The van der Waals surface area contributed by atoms with Gasteiger partial charge in [0.1, 0.15) is 0 Å². The lowest BCUT2D eigenvalue weighted by Gasteiger charge is -2.30. The largest absolute Gasteiger partial charge is 0.379 e. The highest BCUT2D eigenvalue weighted by molar-refractivity contribution is 7.89. The number of ether oxygens (including phenoxy) is 1. The summed E-state index contributed by atoms with van der Waals surface area (Å²) in [5, 5.41) is 0. The maximum absolute atomic E-state index is 12.9. The predicted octanol–water partition coefficient (Wildman–Crippen LogP) is 2.93. The molecule has 0 spiro atoms. The van der Waals surface area contributed by atoms with Crippen LogP contribution in [0, 0.1) is 6.92 Å². The van der Waals surface area contributed by atoms with E-state index in [1.165, 1.54) is 15.4 Å². The molecule has 30 heavy (non-hydrogen) atoms. The molecule has 6 nitrogen and oxygen atoms in total. The summed E-state index contributed by atoms with van der Waals surface area (Å²) in [6.07, 6.45) is 2.99. The van der Waals surface area contributed by atoms with Crippen molar-refractivity contribution in [3.63, 3.8) is 0 Å². The number of anilines is 1. The Balaban J connectivity index is 1.40. The minimum Gasteiger partial charge on any atom is -0.379 e. The molecule has 0 aliphatic carbocycles. The van der Waals surface area contributed by atoms with Crippen LogP contribution in [-0.4, -0.2) is 51.5 Å². The molecule has 2 heterocycles. The maximum atomic E-state index is 12.9. The molecule has 1 fully saturated rings. The Morgan fingerprint density at radius 1 is 1.03 bits per heavy atom. The summed E-state index contributed by atoms with van der Waals surface area (Å²) in [5.41, 5.74) is 4.46. The van der Waals surface area contributed by atoms with Crippen molar-refractivity contribution < 1.29 is 17.9 Å². The number of nitrogens with zero attached hydrogens (tertiary/aromatic N) is 2. The first-order chi connectivity index (χ1) is 14.4. The van der Waals surface area contributed by atoms with Crippen molar-refractivity contribution in [2.75, 3.05) is 37.7 Å². The van der Waals surface area contributed by atoms with Gasteiger partial charge in [-0.25, -0.2) is 8.42 Å². The topological polar surface area (TPSA) is 66.9 Å². The van der Waals surface area contributed by atoms with Crippen molar-refractivity contribution in [3.8, 4) is 0 Å². The van der Waals surface area contributed by atoms with Crippen LogP contribution in [0.25, 0.3) is 0 Å². The standard InChI is InChI=1S/C23H28N2O4S/c1-18-4-10-22-20(17-18)3-2-12-25(22)23(26)11-7-19-5-8-21(9-6-19)30(27,28)24-13-15-29-16-14-24/h4-6,8-10,17H,2-3,7,11-16H2,1H3. The molecule has 0 radical (unpaired) electrons. The number of amides is 1. The second kappa shape index (κ2) is 8.88. The fourth-order valence-corrected chi connectivity index (χ4v) is 5.54. The van der Waals surface area contributed by atoms with E-state index in [0.29, 0.717) is 44.0 Å². The van der Waals surface area contributed by atoms with Gasteiger partial charge in [-0.15, -0.1) is 0 Å². The molecular formula is C23H28N2O4S. The van der Waals surface area contributed by atoms with E-state index in [0.717, 1.165) is 30.6 Å². The van der Waals surface area contributed by atoms with E-state index in [4.69, 9.17) is 4.74 Å².